The summed E-state index contributed by atoms with van der Waals surface area (Å²) in [5, 5.41) is 0. The fourth-order valence-electron chi connectivity index (χ4n) is 3.70. The molecule has 0 radical (unpaired) electrons. The molecule has 0 fully saturated rings. The molecule has 4 aromatic carbocycles. The summed E-state index contributed by atoms with van der Waals surface area (Å²) in [4.78, 5) is 0.422. The first-order valence-electron chi connectivity index (χ1n) is 11.6. The molecule has 4 rings (SSSR count). The Morgan fingerprint density at radius 3 is 1.06 bits per heavy atom. The molecule has 0 aliphatic rings. The van der Waals surface area contributed by atoms with Gasteiger partial charge in [0.2, 0.25) is 0 Å². The summed E-state index contributed by atoms with van der Waals surface area (Å²) in [5.74, 6) is 0. The highest BCUT2D eigenvalue weighted by Crippen LogP contribution is 2.25. The third kappa shape index (κ3) is 5.95. The summed E-state index contributed by atoms with van der Waals surface area (Å²) in [7, 11) is -7.36. The second kappa shape index (κ2) is 10.6. The van der Waals surface area contributed by atoms with E-state index in [4.69, 9.17) is 0 Å². The van der Waals surface area contributed by atoms with Crippen LogP contribution in [0.5, 0.6) is 0 Å². The Hall–Kier alpha value is -3.62. The van der Waals surface area contributed by atoms with Crippen molar-refractivity contribution >= 4 is 31.4 Å². The molecule has 0 atom stereocenters. The molecule has 0 unspecified atom stereocenters. The number of nitrogens with one attached hydrogen (secondary N) is 2. The summed E-state index contributed by atoms with van der Waals surface area (Å²) >= 11 is 0. The molecule has 0 heterocycles. The molecule has 0 aliphatic carbocycles. The van der Waals surface area contributed by atoms with Gasteiger partial charge < -0.3 is 0 Å². The van der Waals surface area contributed by atoms with Crippen molar-refractivity contribution in [1.29, 1.82) is 0 Å². The summed E-state index contributed by atoms with van der Waals surface area (Å²) in [6, 6.07) is 27.7. The highest BCUT2D eigenvalue weighted by atomic mass is 32.2. The number of anilines is 2. The molecule has 4 aromatic rings. The van der Waals surface area contributed by atoms with Crippen molar-refractivity contribution in [3.05, 3.63) is 108 Å². The largest absolute Gasteiger partial charge is 0.280 e. The van der Waals surface area contributed by atoms with Crippen LogP contribution >= 0.6 is 0 Å². The van der Waals surface area contributed by atoms with E-state index in [2.05, 4.69) is 9.44 Å². The molecule has 0 spiro atoms. The SMILES string of the molecule is CCc1ccc(S(=O)(=O)Nc2ccc(-c3ccc(NS(=O)(=O)c4ccc(CC)cc4)cc3)cc2)cc1. The van der Waals surface area contributed by atoms with Crippen LogP contribution in [-0.2, 0) is 32.9 Å². The van der Waals surface area contributed by atoms with Crippen LogP contribution in [0, 0.1) is 0 Å². The lowest BCUT2D eigenvalue weighted by Gasteiger charge is -2.11. The summed E-state index contributed by atoms with van der Waals surface area (Å²) < 4.78 is 55.9. The minimum Gasteiger partial charge on any atom is -0.280 e. The number of benzene rings is 4. The fourth-order valence-corrected chi connectivity index (χ4v) is 5.82. The van der Waals surface area contributed by atoms with Gasteiger partial charge in [-0.05, 0) is 83.6 Å². The smallest absolute Gasteiger partial charge is 0.261 e. The molecule has 36 heavy (non-hydrogen) atoms. The number of sulfonamides is 2. The monoisotopic (exact) mass is 520 g/mol. The molecule has 0 aromatic heterocycles. The van der Waals surface area contributed by atoms with E-state index >= 15 is 0 Å². The second-order valence-corrected chi connectivity index (χ2v) is 11.7. The van der Waals surface area contributed by atoms with Crippen molar-refractivity contribution in [1.82, 2.24) is 0 Å². The minimum atomic E-state index is -3.68. The van der Waals surface area contributed by atoms with Crippen LogP contribution < -0.4 is 9.44 Å². The first-order chi connectivity index (χ1) is 17.2. The minimum absolute atomic E-state index is 0.211. The van der Waals surface area contributed by atoms with Crippen molar-refractivity contribution in [2.45, 2.75) is 36.5 Å². The van der Waals surface area contributed by atoms with Crippen LogP contribution in [0.25, 0.3) is 11.1 Å². The Bertz CT molecular complexity index is 1410. The van der Waals surface area contributed by atoms with Gasteiger partial charge in [-0.2, -0.15) is 0 Å². The molecule has 0 saturated carbocycles. The van der Waals surface area contributed by atoms with Gasteiger partial charge in [0, 0.05) is 11.4 Å². The maximum atomic E-state index is 12.7. The Labute approximate surface area is 213 Å². The fraction of sp³-hybridized carbons (Fsp3) is 0.143. The van der Waals surface area contributed by atoms with Crippen LogP contribution in [0.15, 0.2) is 107 Å². The van der Waals surface area contributed by atoms with Crippen LogP contribution in [0.2, 0.25) is 0 Å². The third-order valence-corrected chi connectivity index (χ3v) is 8.69. The first kappa shape index (κ1) is 25.5. The van der Waals surface area contributed by atoms with Gasteiger partial charge in [0.25, 0.3) is 20.0 Å². The van der Waals surface area contributed by atoms with Crippen LogP contribution in [0.4, 0.5) is 11.4 Å². The second-order valence-electron chi connectivity index (χ2n) is 8.36. The predicted octanol–water partition coefficient (Wildman–Crippen LogP) is 6.08. The molecule has 6 nitrogen and oxygen atoms in total. The zero-order chi connectivity index (χ0) is 25.8. The zero-order valence-electron chi connectivity index (χ0n) is 20.1. The van der Waals surface area contributed by atoms with Gasteiger partial charge in [0.05, 0.1) is 9.79 Å². The van der Waals surface area contributed by atoms with E-state index in [0.29, 0.717) is 11.4 Å². The third-order valence-electron chi connectivity index (χ3n) is 5.89. The van der Waals surface area contributed by atoms with Gasteiger partial charge in [-0.3, -0.25) is 9.44 Å². The first-order valence-corrected chi connectivity index (χ1v) is 14.6. The molecule has 0 saturated heterocycles. The average Bonchev–Trinajstić information content (AvgIpc) is 2.89. The average molecular weight is 521 g/mol. The summed E-state index contributed by atoms with van der Waals surface area (Å²) in [6.07, 6.45) is 1.68. The number of rotatable bonds is 9. The lowest BCUT2D eigenvalue weighted by Crippen LogP contribution is -2.13. The molecule has 0 amide bonds. The van der Waals surface area contributed by atoms with Crippen LogP contribution in [-0.4, -0.2) is 16.8 Å². The van der Waals surface area contributed by atoms with E-state index in [1.54, 1.807) is 48.5 Å². The molecule has 8 heteroatoms. The van der Waals surface area contributed by atoms with E-state index in [-0.39, 0.29) is 9.79 Å². The quantitative estimate of drug-likeness (QED) is 0.280. The summed E-state index contributed by atoms with van der Waals surface area (Å²) in [6.45, 7) is 4.03. The van der Waals surface area contributed by atoms with Crippen LogP contribution in [0.3, 0.4) is 0 Å². The number of hydrogen-bond acceptors (Lipinski definition) is 4. The van der Waals surface area contributed by atoms with Crippen LogP contribution in [0.1, 0.15) is 25.0 Å². The maximum Gasteiger partial charge on any atom is 0.261 e. The van der Waals surface area contributed by atoms with Crippen molar-refractivity contribution in [2.24, 2.45) is 0 Å². The summed E-state index contributed by atoms with van der Waals surface area (Å²) in [5.41, 5.74) is 4.80. The van der Waals surface area contributed by atoms with E-state index in [1.807, 2.05) is 62.4 Å². The van der Waals surface area contributed by atoms with E-state index < -0.39 is 20.0 Å². The van der Waals surface area contributed by atoms with E-state index in [1.165, 1.54) is 0 Å². The van der Waals surface area contributed by atoms with Gasteiger partial charge >= 0.3 is 0 Å². The maximum absolute atomic E-state index is 12.7. The molecule has 186 valence electrons. The highest BCUT2D eigenvalue weighted by Gasteiger charge is 2.15. The highest BCUT2D eigenvalue weighted by molar-refractivity contribution is 7.93. The molecule has 2 N–H and O–H groups in total. The number of hydrogen-bond donors (Lipinski definition) is 2. The van der Waals surface area contributed by atoms with Crippen molar-refractivity contribution in [2.75, 3.05) is 9.44 Å². The Morgan fingerprint density at radius 1 is 0.472 bits per heavy atom. The standard InChI is InChI=1S/C28H28N2O4S2/c1-3-21-5-17-27(18-6-21)35(31,32)29-25-13-9-23(10-14-25)24-11-15-26(16-12-24)30-36(33,34)28-19-7-22(4-2)8-20-28/h5-20,29-30H,3-4H2,1-2H3. The van der Waals surface area contributed by atoms with Crippen molar-refractivity contribution in [3.8, 4) is 11.1 Å². The van der Waals surface area contributed by atoms with Gasteiger partial charge in [-0.15, -0.1) is 0 Å². The molecular formula is C28H28N2O4S2. The molecule has 0 aliphatic heterocycles. The van der Waals surface area contributed by atoms with Gasteiger partial charge in [-0.1, -0.05) is 62.4 Å². The molecule has 0 bridgehead atoms. The van der Waals surface area contributed by atoms with Gasteiger partial charge in [-0.25, -0.2) is 16.8 Å². The zero-order valence-corrected chi connectivity index (χ0v) is 21.7. The topological polar surface area (TPSA) is 92.3 Å². The predicted molar refractivity (Wildman–Crippen MR) is 145 cm³/mol. The Morgan fingerprint density at radius 2 is 0.778 bits per heavy atom. The van der Waals surface area contributed by atoms with Crippen molar-refractivity contribution in [3.63, 3.8) is 0 Å². The Kier molecular flexibility index (Phi) is 7.47. The van der Waals surface area contributed by atoms with E-state index in [0.717, 1.165) is 35.1 Å². The molecular weight excluding hydrogens is 492 g/mol. The lowest BCUT2D eigenvalue weighted by molar-refractivity contribution is 0.599. The normalized spacial score (nSPS) is 11.7. The van der Waals surface area contributed by atoms with Gasteiger partial charge in [0.15, 0.2) is 0 Å². The lowest BCUT2D eigenvalue weighted by atomic mass is 10.1. The Balaban J connectivity index is 1.44. The van der Waals surface area contributed by atoms with Gasteiger partial charge in [0.1, 0.15) is 0 Å². The van der Waals surface area contributed by atoms with Crippen molar-refractivity contribution < 1.29 is 16.8 Å². The number of aryl methyl sites for hydroxylation is 2. The van der Waals surface area contributed by atoms with E-state index in [9.17, 15) is 16.8 Å².